The zero-order chi connectivity index (χ0) is 18.1. The topological polar surface area (TPSA) is 64.0 Å². The van der Waals surface area contributed by atoms with Gasteiger partial charge in [-0.3, -0.25) is 9.69 Å². The lowest BCUT2D eigenvalue weighted by Gasteiger charge is -2.33. The smallest absolute Gasteiger partial charge is 0.312 e. The Bertz CT molecular complexity index is 641. The Hall–Kier alpha value is -1.59. The van der Waals surface area contributed by atoms with Crippen LogP contribution >= 0.6 is 0 Å². The molecule has 1 aromatic carbocycles. The fraction of sp³-hybridized carbons (Fsp3) is 0.667. The van der Waals surface area contributed by atoms with Gasteiger partial charge >= 0.3 is 5.97 Å². The van der Waals surface area contributed by atoms with Crippen LogP contribution in [0.15, 0.2) is 24.3 Å². The van der Waals surface area contributed by atoms with Crippen LogP contribution in [0.1, 0.15) is 37.7 Å². The van der Waals surface area contributed by atoms with Crippen molar-refractivity contribution in [2.45, 2.75) is 44.6 Å². The minimum absolute atomic E-state index is 0.252. The summed E-state index contributed by atoms with van der Waals surface area (Å²) in [6.45, 7) is 4.14. The van der Waals surface area contributed by atoms with Crippen LogP contribution in [0.4, 0.5) is 0 Å². The van der Waals surface area contributed by atoms with Gasteiger partial charge in [0.2, 0.25) is 0 Å². The minimum atomic E-state index is -0.604. The monoisotopic (exact) mass is 358 g/mol. The molecule has 4 rings (SSSR count). The van der Waals surface area contributed by atoms with E-state index in [2.05, 4.69) is 9.80 Å². The summed E-state index contributed by atoms with van der Waals surface area (Å²) in [4.78, 5) is 17.0. The number of phenolic OH excluding ortho intramolecular Hbond substituents is 1. The van der Waals surface area contributed by atoms with Crippen molar-refractivity contribution in [1.29, 1.82) is 0 Å². The zero-order valence-corrected chi connectivity index (χ0v) is 15.4. The molecule has 2 saturated heterocycles. The Morgan fingerprint density at radius 3 is 2.46 bits per heavy atom. The molecule has 3 fully saturated rings. The van der Waals surface area contributed by atoms with Gasteiger partial charge in [0.1, 0.15) is 5.75 Å². The molecule has 5 heteroatoms. The quantitative estimate of drug-likeness (QED) is 0.847. The highest BCUT2D eigenvalue weighted by Gasteiger charge is 2.58. The molecule has 0 radical (unpaired) electrons. The van der Waals surface area contributed by atoms with Gasteiger partial charge in [-0.2, -0.15) is 0 Å². The van der Waals surface area contributed by atoms with Crippen molar-refractivity contribution >= 4 is 5.97 Å². The molecule has 5 nitrogen and oxygen atoms in total. The normalized spacial score (nSPS) is 30.5. The van der Waals surface area contributed by atoms with E-state index >= 15 is 0 Å². The van der Waals surface area contributed by atoms with E-state index in [1.165, 1.54) is 37.7 Å². The maximum atomic E-state index is 12.2. The molecule has 1 aliphatic carbocycles. The van der Waals surface area contributed by atoms with E-state index in [4.69, 9.17) is 0 Å². The predicted molar refractivity (Wildman–Crippen MR) is 100 cm³/mol. The highest BCUT2D eigenvalue weighted by molar-refractivity contribution is 5.77. The van der Waals surface area contributed by atoms with Crippen LogP contribution in [0, 0.1) is 11.3 Å². The number of aliphatic carboxylic acids is 1. The Labute approximate surface area is 155 Å². The van der Waals surface area contributed by atoms with E-state index in [-0.39, 0.29) is 11.7 Å². The summed E-state index contributed by atoms with van der Waals surface area (Å²) in [5.41, 5.74) is 0.611. The second-order valence-corrected chi connectivity index (χ2v) is 8.53. The van der Waals surface area contributed by atoms with Crippen molar-refractivity contribution in [1.82, 2.24) is 9.80 Å². The molecular weight excluding hydrogens is 328 g/mol. The summed E-state index contributed by atoms with van der Waals surface area (Å²) in [6, 6.07) is 7.94. The van der Waals surface area contributed by atoms with Crippen molar-refractivity contribution in [3.63, 3.8) is 0 Å². The van der Waals surface area contributed by atoms with Gasteiger partial charge in [0.25, 0.3) is 0 Å². The number of carbonyl (C=O) groups is 1. The van der Waals surface area contributed by atoms with Gasteiger partial charge in [-0.15, -0.1) is 0 Å². The van der Waals surface area contributed by atoms with E-state index in [1.54, 1.807) is 12.1 Å². The lowest BCUT2D eigenvalue weighted by Crippen LogP contribution is -2.43. The minimum Gasteiger partial charge on any atom is -0.508 e. The fourth-order valence-electron chi connectivity index (χ4n) is 5.36. The fourth-order valence-corrected chi connectivity index (χ4v) is 5.36. The molecule has 2 heterocycles. The Balaban J connectivity index is 1.38. The first-order valence-electron chi connectivity index (χ1n) is 10.0. The van der Waals surface area contributed by atoms with Gasteiger partial charge in [0.15, 0.2) is 0 Å². The van der Waals surface area contributed by atoms with E-state index < -0.39 is 11.4 Å². The van der Waals surface area contributed by atoms with Gasteiger partial charge in [-0.25, -0.2) is 0 Å². The van der Waals surface area contributed by atoms with E-state index in [0.29, 0.717) is 12.6 Å². The third-order valence-electron chi connectivity index (χ3n) is 6.88. The van der Waals surface area contributed by atoms with Gasteiger partial charge < -0.3 is 15.1 Å². The van der Waals surface area contributed by atoms with Crippen LogP contribution < -0.4 is 0 Å². The Morgan fingerprint density at radius 1 is 1.08 bits per heavy atom. The van der Waals surface area contributed by atoms with Crippen molar-refractivity contribution in [2.24, 2.45) is 11.3 Å². The molecule has 2 atom stereocenters. The third-order valence-corrected chi connectivity index (χ3v) is 6.88. The standard InChI is InChI=1S/C21H30N2O3/c24-19-8-6-16(7-9-19)10-11-22-12-17-13-23(18-4-2-1-3-5-18)15-21(17,14-22)20(25)26/h6-9,17-18,24H,1-5,10-15H2,(H,25,26)/t17-,21-/m0/s1. The highest BCUT2D eigenvalue weighted by Crippen LogP contribution is 2.44. The number of hydrogen-bond acceptors (Lipinski definition) is 4. The lowest BCUT2D eigenvalue weighted by molar-refractivity contribution is -0.149. The Kier molecular flexibility index (Phi) is 4.93. The molecule has 0 bridgehead atoms. The summed E-state index contributed by atoms with van der Waals surface area (Å²) >= 11 is 0. The molecule has 1 saturated carbocycles. The molecule has 3 aliphatic rings. The molecule has 2 N–H and O–H groups in total. The third kappa shape index (κ3) is 3.35. The van der Waals surface area contributed by atoms with Crippen LogP contribution in [0.3, 0.4) is 0 Å². The molecular formula is C21H30N2O3. The number of aromatic hydroxyl groups is 1. The summed E-state index contributed by atoms with van der Waals surface area (Å²) in [7, 11) is 0. The average Bonchev–Trinajstić information content (AvgIpc) is 3.17. The van der Waals surface area contributed by atoms with Crippen LogP contribution in [-0.4, -0.2) is 64.7 Å². The van der Waals surface area contributed by atoms with Crippen LogP contribution in [0.5, 0.6) is 5.75 Å². The van der Waals surface area contributed by atoms with E-state index in [0.717, 1.165) is 32.6 Å². The maximum Gasteiger partial charge on any atom is 0.312 e. The predicted octanol–water partition coefficient (Wildman–Crippen LogP) is 2.59. The van der Waals surface area contributed by atoms with Crippen molar-refractivity contribution in [3.05, 3.63) is 29.8 Å². The second-order valence-electron chi connectivity index (χ2n) is 8.53. The number of rotatable bonds is 5. The number of fused-ring (bicyclic) bond motifs is 1. The summed E-state index contributed by atoms with van der Waals surface area (Å²) in [6.07, 6.45) is 7.31. The zero-order valence-electron chi connectivity index (χ0n) is 15.4. The molecule has 26 heavy (non-hydrogen) atoms. The van der Waals surface area contributed by atoms with Crippen LogP contribution in [0.25, 0.3) is 0 Å². The number of phenols is 1. The number of carboxylic acid groups (broad SMARTS) is 1. The first kappa shape index (κ1) is 17.8. The summed E-state index contributed by atoms with van der Waals surface area (Å²) in [5.74, 6) is -0.0632. The molecule has 0 aromatic heterocycles. The number of likely N-dealkylation sites (tertiary alicyclic amines) is 2. The van der Waals surface area contributed by atoms with Gasteiger partial charge in [-0.05, 0) is 37.0 Å². The molecule has 2 aliphatic heterocycles. The van der Waals surface area contributed by atoms with Gasteiger partial charge in [-0.1, -0.05) is 31.4 Å². The summed E-state index contributed by atoms with van der Waals surface area (Å²) < 4.78 is 0. The largest absolute Gasteiger partial charge is 0.508 e. The maximum absolute atomic E-state index is 12.2. The van der Waals surface area contributed by atoms with Gasteiger partial charge in [0, 0.05) is 44.7 Å². The SMILES string of the molecule is O=C(O)[C@]12CN(CCc3ccc(O)cc3)C[C@H]1CN(C1CCCCC1)C2. The van der Waals surface area contributed by atoms with Crippen LogP contribution in [0.2, 0.25) is 0 Å². The number of carboxylic acids is 1. The van der Waals surface area contributed by atoms with Crippen molar-refractivity contribution in [3.8, 4) is 5.75 Å². The number of benzene rings is 1. The Morgan fingerprint density at radius 2 is 1.81 bits per heavy atom. The summed E-state index contributed by atoms with van der Waals surface area (Å²) in [5, 5.41) is 19.4. The molecule has 0 unspecified atom stereocenters. The van der Waals surface area contributed by atoms with Crippen LogP contribution in [-0.2, 0) is 11.2 Å². The highest BCUT2D eigenvalue weighted by atomic mass is 16.4. The molecule has 142 valence electrons. The second kappa shape index (κ2) is 7.20. The molecule has 1 aromatic rings. The molecule has 0 spiro atoms. The number of nitrogens with zero attached hydrogens (tertiary/aromatic N) is 2. The number of hydrogen-bond donors (Lipinski definition) is 2. The average molecular weight is 358 g/mol. The first-order chi connectivity index (χ1) is 12.6. The van der Waals surface area contributed by atoms with E-state index in [1.807, 2.05) is 12.1 Å². The van der Waals surface area contributed by atoms with E-state index in [9.17, 15) is 15.0 Å². The van der Waals surface area contributed by atoms with Gasteiger partial charge in [0.05, 0.1) is 5.41 Å². The van der Waals surface area contributed by atoms with Crippen molar-refractivity contribution < 1.29 is 15.0 Å². The van der Waals surface area contributed by atoms with Crippen molar-refractivity contribution in [2.75, 3.05) is 32.7 Å². The molecule has 0 amide bonds. The first-order valence-corrected chi connectivity index (χ1v) is 10.0. The lowest BCUT2D eigenvalue weighted by atomic mass is 9.81.